The summed E-state index contributed by atoms with van der Waals surface area (Å²) in [4.78, 5) is 0. The largest absolute Gasteiger partial charge is 0.309 e. The van der Waals surface area contributed by atoms with Gasteiger partial charge in [0.25, 0.3) is 0 Å². The van der Waals surface area contributed by atoms with Crippen LogP contribution < -0.4 is 5.32 Å². The Morgan fingerprint density at radius 3 is 3.12 bits per heavy atom. The van der Waals surface area contributed by atoms with E-state index in [0.29, 0.717) is 6.04 Å². The topological polar surface area (TPSA) is 29.9 Å². The summed E-state index contributed by atoms with van der Waals surface area (Å²) in [5, 5.41) is 8.02. The predicted octanol–water partition coefficient (Wildman–Crippen LogP) is 1.78. The van der Waals surface area contributed by atoms with Gasteiger partial charge in [-0.25, -0.2) is 0 Å². The lowest BCUT2D eigenvalue weighted by atomic mass is 9.71. The molecule has 0 amide bonds. The van der Waals surface area contributed by atoms with Gasteiger partial charge in [0.15, 0.2) is 0 Å². The highest BCUT2D eigenvalue weighted by molar-refractivity contribution is 5.17. The molecule has 0 bridgehead atoms. The number of rotatable bonds is 3. The predicted molar refractivity (Wildman–Crippen MR) is 63.9 cm³/mol. The Morgan fingerprint density at radius 1 is 1.56 bits per heavy atom. The second kappa shape index (κ2) is 3.74. The van der Waals surface area contributed by atoms with Gasteiger partial charge in [-0.3, -0.25) is 4.68 Å². The first-order valence-electron chi connectivity index (χ1n) is 6.13. The maximum atomic E-state index is 4.36. The Bertz CT molecular complexity index is 419. The van der Waals surface area contributed by atoms with E-state index in [1.54, 1.807) is 0 Å². The van der Waals surface area contributed by atoms with Crippen LogP contribution >= 0.6 is 0 Å². The van der Waals surface area contributed by atoms with Gasteiger partial charge in [-0.15, -0.1) is 0 Å². The molecule has 1 aromatic rings. The lowest BCUT2D eigenvalue weighted by Crippen LogP contribution is -2.47. The minimum Gasteiger partial charge on any atom is -0.309 e. The number of allylic oxidation sites excluding steroid dienone is 1. The lowest BCUT2D eigenvalue weighted by molar-refractivity contribution is 0.162. The monoisotopic (exact) mass is 217 g/mol. The number of hydrogen-bond donors (Lipinski definition) is 1. The Balaban J connectivity index is 1.57. The van der Waals surface area contributed by atoms with E-state index >= 15 is 0 Å². The molecule has 0 aliphatic heterocycles. The molecule has 0 aromatic carbocycles. The Kier molecular flexibility index (Phi) is 2.36. The van der Waals surface area contributed by atoms with Crippen LogP contribution in [0.15, 0.2) is 18.3 Å². The van der Waals surface area contributed by atoms with Crippen molar-refractivity contribution in [1.82, 2.24) is 15.1 Å². The van der Waals surface area contributed by atoms with E-state index in [4.69, 9.17) is 0 Å². The second-order valence-electron chi connectivity index (χ2n) is 5.14. The summed E-state index contributed by atoms with van der Waals surface area (Å²) in [5.41, 5.74) is 2.47. The van der Waals surface area contributed by atoms with Crippen LogP contribution in [0, 0.1) is 18.8 Å². The third-order valence-electron chi connectivity index (χ3n) is 4.03. The molecule has 2 aliphatic carbocycles. The molecule has 16 heavy (non-hydrogen) atoms. The zero-order valence-corrected chi connectivity index (χ0v) is 9.98. The quantitative estimate of drug-likeness (QED) is 0.782. The number of nitrogens with one attached hydrogen (secondary N) is 1. The molecule has 3 heteroatoms. The maximum absolute atomic E-state index is 4.36. The first kappa shape index (κ1) is 10.1. The van der Waals surface area contributed by atoms with E-state index in [1.807, 2.05) is 11.7 Å². The van der Waals surface area contributed by atoms with E-state index in [1.165, 1.54) is 18.4 Å². The molecule has 2 aliphatic rings. The van der Waals surface area contributed by atoms with Crippen molar-refractivity contribution in [3.8, 4) is 0 Å². The van der Waals surface area contributed by atoms with Crippen molar-refractivity contribution >= 4 is 0 Å². The van der Waals surface area contributed by atoms with Crippen LogP contribution in [0.5, 0.6) is 0 Å². The average Bonchev–Trinajstić information content (AvgIpc) is 2.72. The highest BCUT2D eigenvalue weighted by Gasteiger charge is 2.40. The van der Waals surface area contributed by atoms with Crippen molar-refractivity contribution in [3.05, 3.63) is 29.6 Å². The second-order valence-corrected chi connectivity index (χ2v) is 5.14. The fraction of sp³-hybridized carbons (Fsp3) is 0.615. The highest BCUT2D eigenvalue weighted by Crippen LogP contribution is 2.42. The van der Waals surface area contributed by atoms with E-state index in [9.17, 15) is 0 Å². The molecule has 1 heterocycles. The SMILES string of the molecule is Cc1nn(C)cc1CNC1CC2CC=CC21. The van der Waals surface area contributed by atoms with Crippen LogP contribution in [0.25, 0.3) is 0 Å². The number of aromatic nitrogens is 2. The zero-order chi connectivity index (χ0) is 11.1. The van der Waals surface area contributed by atoms with Crippen molar-refractivity contribution in [2.24, 2.45) is 18.9 Å². The molecule has 1 saturated carbocycles. The molecule has 1 aromatic heterocycles. The molecule has 1 fully saturated rings. The van der Waals surface area contributed by atoms with Gasteiger partial charge in [0, 0.05) is 31.4 Å². The number of nitrogens with zero attached hydrogens (tertiary/aromatic N) is 2. The molecule has 3 atom stereocenters. The average molecular weight is 217 g/mol. The Hall–Kier alpha value is -1.09. The number of aryl methyl sites for hydroxylation is 2. The first-order chi connectivity index (χ1) is 7.74. The molecular formula is C13H19N3. The molecule has 1 N–H and O–H groups in total. The molecule has 0 spiro atoms. The van der Waals surface area contributed by atoms with Gasteiger partial charge in [-0.1, -0.05) is 12.2 Å². The van der Waals surface area contributed by atoms with Crippen LogP contribution in [-0.4, -0.2) is 15.8 Å². The van der Waals surface area contributed by atoms with Crippen LogP contribution in [0.1, 0.15) is 24.1 Å². The molecule has 3 nitrogen and oxygen atoms in total. The standard InChI is InChI=1S/C13H19N3/c1-9-11(8-16(2)15-9)7-14-13-6-10-4-3-5-12(10)13/h3,5,8,10,12-14H,4,6-7H2,1-2H3. The molecule has 0 saturated heterocycles. The van der Waals surface area contributed by atoms with E-state index in [-0.39, 0.29) is 0 Å². The van der Waals surface area contributed by atoms with Gasteiger partial charge in [0.1, 0.15) is 0 Å². The molecule has 3 unspecified atom stereocenters. The minimum atomic E-state index is 0.698. The van der Waals surface area contributed by atoms with Gasteiger partial charge < -0.3 is 5.32 Å². The molecule has 0 radical (unpaired) electrons. The third-order valence-corrected chi connectivity index (χ3v) is 4.03. The summed E-state index contributed by atoms with van der Waals surface area (Å²) in [6.07, 6.45) is 9.49. The summed E-state index contributed by atoms with van der Waals surface area (Å²) < 4.78 is 1.89. The van der Waals surface area contributed by atoms with Crippen molar-refractivity contribution in [2.45, 2.75) is 32.4 Å². The minimum absolute atomic E-state index is 0.698. The zero-order valence-electron chi connectivity index (χ0n) is 9.98. The van der Waals surface area contributed by atoms with Gasteiger partial charge in [0.05, 0.1) is 5.69 Å². The summed E-state index contributed by atoms with van der Waals surface area (Å²) >= 11 is 0. The van der Waals surface area contributed by atoms with E-state index < -0.39 is 0 Å². The van der Waals surface area contributed by atoms with Crippen molar-refractivity contribution in [1.29, 1.82) is 0 Å². The summed E-state index contributed by atoms with van der Waals surface area (Å²) in [6.45, 7) is 3.04. The lowest BCUT2D eigenvalue weighted by Gasteiger charge is -2.40. The summed E-state index contributed by atoms with van der Waals surface area (Å²) in [5.74, 6) is 1.74. The van der Waals surface area contributed by atoms with Gasteiger partial charge in [-0.2, -0.15) is 5.10 Å². The maximum Gasteiger partial charge on any atom is 0.0638 e. The highest BCUT2D eigenvalue weighted by atomic mass is 15.3. The molecule has 3 rings (SSSR count). The van der Waals surface area contributed by atoms with Crippen molar-refractivity contribution in [3.63, 3.8) is 0 Å². The van der Waals surface area contributed by atoms with Gasteiger partial charge >= 0.3 is 0 Å². The van der Waals surface area contributed by atoms with Crippen LogP contribution in [0.2, 0.25) is 0 Å². The fourth-order valence-corrected chi connectivity index (χ4v) is 3.01. The van der Waals surface area contributed by atoms with Crippen molar-refractivity contribution < 1.29 is 0 Å². The van der Waals surface area contributed by atoms with Gasteiger partial charge in [0.2, 0.25) is 0 Å². The summed E-state index contributed by atoms with van der Waals surface area (Å²) in [7, 11) is 1.98. The molecular weight excluding hydrogens is 198 g/mol. The van der Waals surface area contributed by atoms with E-state index in [0.717, 1.165) is 24.1 Å². The normalized spacial score (nSPS) is 31.5. The fourth-order valence-electron chi connectivity index (χ4n) is 3.01. The molecule has 86 valence electrons. The summed E-state index contributed by atoms with van der Waals surface area (Å²) in [6, 6.07) is 0.698. The van der Waals surface area contributed by atoms with Crippen LogP contribution in [-0.2, 0) is 13.6 Å². The number of hydrogen-bond acceptors (Lipinski definition) is 2. The first-order valence-corrected chi connectivity index (χ1v) is 6.13. The van der Waals surface area contributed by atoms with Crippen LogP contribution in [0.4, 0.5) is 0 Å². The third kappa shape index (κ3) is 1.59. The Morgan fingerprint density at radius 2 is 2.44 bits per heavy atom. The van der Waals surface area contributed by atoms with Crippen LogP contribution in [0.3, 0.4) is 0 Å². The van der Waals surface area contributed by atoms with Crippen molar-refractivity contribution in [2.75, 3.05) is 0 Å². The van der Waals surface area contributed by atoms with Gasteiger partial charge in [-0.05, 0) is 31.6 Å². The van der Waals surface area contributed by atoms with E-state index in [2.05, 4.69) is 35.7 Å². The Labute approximate surface area is 96.5 Å². The number of fused-ring (bicyclic) bond motifs is 1. The smallest absolute Gasteiger partial charge is 0.0638 e.